The molecule has 0 aliphatic carbocycles. The van der Waals surface area contributed by atoms with Crippen LogP contribution >= 0.6 is 15.9 Å². The number of benzene rings is 2. The molecule has 0 saturated carbocycles. The number of halogens is 1. The Bertz CT molecular complexity index is 525. The number of hydrogen-bond donors (Lipinski definition) is 1. The second kappa shape index (κ2) is 5.23. The summed E-state index contributed by atoms with van der Waals surface area (Å²) in [6, 6.07) is 13.8. The van der Waals surface area contributed by atoms with E-state index in [0.29, 0.717) is 6.61 Å². The molecule has 2 N–H and O–H groups in total. The van der Waals surface area contributed by atoms with Gasteiger partial charge in [-0.3, -0.25) is 0 Å². The molecule has 88 valence electrons. The van der Waals surface area contributed by atoms with Crippen molar-refractivity contribution < 1.29 is 4.74 Å². The van der Waals surface area contributed by atoms with Gasteiger partial charge in [0, 0.05) is 16.2 Å². The molecule has 0 spiro atoms. The Labute approximate surface area is 110 Å². The molecule has 0 unspecified atom stereocenters. The van der Waals surface area contributed by atoms with E-state index < -0.39 is 0 Å². The van der Waals surface area contributed by atoms with E-state index in [1.807, 2.05) is 49.4 Å². The maximum Gasteiger partial charge on any atom is 0.124 e. The summed E-state index contributed by atoms with van der Waals surface area (Å²) >= 11 is 3.44. The van der Waals surface area contributed by atoms with Gasteiger partial charge in [0.2, 0.25) is 0 Å². The van der Waals surface area contributed by atoms with E-state index in [4.69, 9.17) is 10.5 Å². The molecule has 0 amide bonds. The van der Waals surface area contributed by atoms with E-state index in [2.05, 4.69) is 15.9 Å². The van der Waals surface area contributed by atoms with Crippen molar-refractivity contribution in [2.45, 2.75) is 13.5 Å². The van der Waals surface area contributed by atoms with E-state index in [9.17, 15) is 0 Å². The first-order valence-corrected chi connectivity index (χ1v) is 6.18. The van der Waals surface area contributed by atoms with Crippen molar-refractivity contribution >= 4 is 21.6 Å². The summed E-state index contributed by atoms with van der Waals surface area (Å²) in [5.41, 5.74) is 8.67. The topological polar surface area (TPSA) is 35.2 Å². The third kappa shape index (κ3) is 3.24. The molecule has 0 heterocycles. The molecule has 2 aromatic rings. The van der Waals surface area contributed by atoms with Gasteiger partial charge in [-0.2, -0.15) is 0 Å². The molecule has 2 rings (SSSR count). The van der Waals surface area contributed by atoms with Crippen LogP contribution in [0.3, 0.4) is 0 Å². The van der Waals surface area contributed by atoms with Crippen LogP contribution in [0, 0.1) is 6.92 Å². The van der Waals surface area contributed by atoms with Crippen LogP contribution in [0.4, 0.5) is 5.69 Å². The first-order valence-electron chi connectivity index (χ1n) is 5.38. The third-order valence-corrected chi connectivity index (χ3v) is 2.99. The largest absolute Gasteiger partial charge is 0.489 e. The molecule has 0 aromatic heterocycles. The zero-order valence-electron chi connectivity index (χ0n) is 9.61. The molecule has 17 heavy (non-hydrogen) atoms. The summed E-state index contributed by atoms with van der Waals surface area (Å²) < 4.78 is 6.82. The van der Waals surface area contributed by atoms with Crippen LogP contribution in [-0.2, 0) is 6.61 Å². The Kier molecular flexibility index (Phi) is 3.69. The summed E-state index contributed by atoms with van der Waals surface area (Å²) in [6.45, 7) is 2.55. The van der Waals surface area contributed by atoms with E-state index in [0.717, 1.165) is 27.0 Å². The highest BCUT2D eigenvalue weighted by Crippen LogP contribution is 2.22. The van der Waals surface area contributed by atoms with Crippen LogP contribution in [-0.4, -0.2) is 0 Å². The van der Waals surface area contributed by atoms with Crippen LogP contribution < -0.4 is 10.5 Å². The summed E-state index contributed by atoms with van der Waals surface area (Å²) in [7, 11) is 0. The molecule has 0 atom stereocenters. The fourth-order valence-electron chi connectivity index (χ4n) is 1.56. The number of nitrogens with two attached hydrogens (primary N) is 1. The average Bonchev–Trinajstić information content (AvgIpc) is 2.30. The van der Waals surface area contributed by atoms with E-state index >= 15 is 0 Å². The minimum Gasteiger partial charge on any atom is -0.489 e. The minimum atomic E-state index is 0.545. The molecule has 0 saturated heterocycles. The molecule has 3 heteroatoms. The predicted molar refractivity (Wildman–Crippen MR) is 74.1 cm³/mol. The fraction of sp³-hybridized carbons (Fsp3) is 0.143. The normalized spacial score (nSPS) is 10.2. The van der Waals surface area contributed by atoms with Gasteiger partial charge < -0.3 is 10.5 Å². The van der Waals surface area contributed by atoms with Gasteiger partial charge in [0.1, 0.15) is 12.4 Å². The highest BCUT2D eigenvalue weighted by Gasteiger charge is 2.01. The van der Waals surface area contributed by atoms with Crippen molar-refractivity contribution in [2.75, 3.05) is 5.73 Å². The number of rotatable bonds is 3. The molecule has 0 aliphatic heterocycles. The first kappa shape index (κ1) is 12.0. The standard InChI is InChI=1S/C14H14BrNO/c1-10-5-6-13(16)8-14(10)17-9-11-3-2-4-12(15)7-11/h2-8H,9,16H2,1H3. The van der Waals surface area contributed by atoms with Gasteiger partial charge in [0.05, 0.1) is 0 Å². The average molecular weight is 292 g/mol. The lowest BCUT2D eigenvalue weighted by Gasteiger charge is -2.10. The van der Waals surface area contributed by atoms with E-state index in [1.165, 1.54) is 0 Å². The van der Waals surface area contributed by atoms with E-state index in [-0.39, 0.29) is 0 Å². The lowest BCUT2D eigenvalue weighted by atomic mass is 10.2. The molecule has 0 aliphatic rings. The second-order valence-electron chi connectivity index (χ2n) is 3.94. The zero-order valence-corrected chi connectivity index (χ0v) is 11.2. The molecule has 0 fully saturated rings. The number of aryl methyl sites for hydroxylation is 1. The summed E-state index contributed by atoms with van der Waals surface area (Å²) in [4.78, 5) is 0. The second-order valence-corrected chi connectivity index (χ2v) is 4.86. The van der Waals surface area contributed by atoms with Gasteiger partial charge in [-0.25, -0.2) is 0 Å². The Morgan fingerprint density at radius 3 is 2.76 bits per heavy atom. The zero-order chi connectivity index (χ0) is 12.3. The van der Waals surface area contributed by atoms with Crippen molar-refractivity contribution in [1.82, 2.24) is 0 Å². The number of nitrogen functional groups attached to an aromatic ring is 1. The highest BCUT2D eigenvalue weighted by atomic mass is 79.9. The number of hydrogen-bond acceptors (Lipinski definition) is 2. The molecule has 2 nitrogen and oxygen atoms in total. The smallest absolute Gasteiger partial charge is 0.124 e. The van der Waals surface area contributed by atoms with Gasteiger partial charge in [0.15, 0.2) is 0 Å². The van der Waals surface area contributed by atoms with Crippen molar-refractivity contribution in [3.63, 3.8) is 0 Å². The van der Waals surface area contributed by atoms with E-state index in [1.54, 1.807) is 0 Å². The maximum absolute atomic E-state index is 5.76. The minimum absolute atomic E-state index is 0.545. The summed E-state index contributed by atoms with van der Waals surface area (Å²) in [5, 5.41) is 0. The lowest BCUT2D eigenvalue weighted by molar-refractivity contribution is 0.304. The highest BCUT2D eigenvalue weighted by molar-refractivity contribution is 9.10. The summed E-state index contributed by atoms with van der Waals surface area (Å²) in [6.07, 6.45) is 0. The van der Waals surface area contributed by atoms with Crippen LogP contribution in [0.2, 0.25) is 0 Å². The van der Waals surface area contributed by atoms with Crippen LogP contribution in [0.25, 0.3) is 0 Å². The third-order valence-electron chi connectivity index (χ3n) is 2.50. The molecule has 2 aromatic carbocycles. The fourth-order valence-corrected chi connectivity index (χ4v) is 2.01. The predicted octanol–water partition coefficient (Wildman–Crippen LogP) is 3.92. The van der Waals surface area contributed by atoms with Crippen molar-refractivity contribution in [3.8, 4) is 5.75 Å². The monoisotopic (exact) mass is 291 g/mol. The Morgan fingerprint density at radius 2 is 2.00 bits per heavy atom. The van der Waals surface area contributed by atoms with Gasteiger partial charge in [0.25, 0.3) is 0 Å². The van der Waals surface area contributed by atoms with Crippen molar-refractivity contribution in [1.29, 1.82) is 0 Å². The van der Waals surface area contributed by atoms with Gasteiger partial charge in [-0.1, -0.05) is 34.1 Å². The molecule has 0 bridgehead atoms. The quantitative estimate of drug-likeness (QED) is 0.870. The molecular formula is C14H14BrNO. The Morgan fingerprint density at radius 1 is 1.18 bits per heavy atom. The molecule has 0 radical (unpaired) electrons. The number of anilines is 1. The lowest BCUT2D eigenvalue weighted by Crippen LogP contribution is -1.98. The maximum atomic E-state index is 5.76. The van der Waals surface area contributed by atoms with Crippen LogP contribution in [0.5, 0.6) is 5.75 Å². The Balaban J connectivity index is 2.09. The van der Waals surface area contributed by atoms with Crippen molar-refractivity contribution in [2.24, 2.45) is 0 Å². The van der Waals surface area contributed by atoms with Gasteiger partial charge in [-0.05, 0) is 36.2 Å². The Hall–Kier alpha value is -1.48. The SMILES string of the molecule is Cc1ccc(N)cc1OCc1cccc(Br)c1. The van der Waals surface area contributed by atoms with Crippen molar-refractivity contribution in [3.05, 3.63) is 58.1 Å². The first-order chi connectivity index (χ1) is 8.15. The number of ether oxygens (including phenoxy) is 1. The van der Waals surface area contributed by atoms with Crippen LogP contribution in [0.1, 0.15) is 11.1 Å². The summed E-state index contributed by atoms with van der Waals surface area (Å²) in [5.74, 6) is 0.838. The molecular weight excluding hydrogens is 278 g/mol. The van der Waals surface area contributed by atoms with Crippen LogP contribution in [0.15, 0.2) is 46.9 Å². The van der Waals surface area contributed by atoms with Gasteiger partial charge >= 0.3 is 0 Å². The van der Waals surface area contributed by atoms with Gasteiger partial charge in [-0.15, -0.1) is 0 Å².